The van der Waals surface area contributed by atoms with Crippen molar-refractivity contribution in [1.29, 1.82) is 0 Å². The Morgan fingerprint density at radius 1 is 1.33 bits per heavy atom. The molecule has 0 unspecified atom stereocenters. The van der Waals surface area contributed by atoms with Crippen LogP contribution in [0.3, 0.4) is 0 Å². The molecule has 0 bridgehead atoms. The van der Waals surface area contributed by atoms with Crippen LogP contribution in [0.5, 0.6) is 0 Å². The summed E-state index contributed by atoms with van der Waals surface area (Å²) in [6.07, 6.45) is 4.47. The molecule has 3 nitrogen and oxygen atoms in total. The third-order valence-corrected chi connectivity index (χ3v) is 4.11. The van der Waals surface area contributed by atoms with Crippen LogP contribution in [0.15, 0.2) is 11.4 Å². The molecule has 0 radical (unpaired) electrons. The van der Waals surface area contributed by atoms with Crippen molar-refractivity contribution in [2.24, 2.45) is 0 Å². The summed E-state index contributed by atoms with van der Waals surface area (Å²) in [5.41, 5.74) is -0.621. The Hall–Kier alpha value is -0.870. The van der Waals surface area contributed by atoms with Crippen molar-refractivity contribution < 1.29 is 15.0 Å². The van der Waals surface area contributed by atoms with Crippen molar-refractivity contribution in [3.05, 3.63) is 21.9 Å². The Morgan fingerprint density at radius 2 is 2.00 bits per heavy atom. The zero-order chi connectivity index (χ0) is 10.9. The van der Waals surface area contributed by atoms with Crippen molar-refractivity contribution in [2.75, 3.05) is 0 Å². The van der Waals surface area contributed by atoms with Crippen LogP contribution in [-0.4, -0.2) is 16.2 Å². The fraction of sp³-hybridized carbons (Fsp3) is 0.545. The molecule has 4 heteroatoms. The normalized spacial score (nSPS) is 20.1. The minimum atomic E-state index is -0.940. The van der Waals surface area contributed by atoms with Crippen LogP contribution >= 0.6 is 11.3 Å². The number of thiophene rings is 1. The lowest BCUT2D eigenvalue weighted by atomic mass is 9.82. The molecule has 0 amide bonds. The number of hydrogen-bond donors (Lipinski definition) is 2. The number of aliphatic hydroxyl groups is 1. The average molecular weight is 226 g/mol. The zero-order valence-electron chi connectivity index (χ0n) is 8.40. The summed E-state index contributed by atoms with van der Waals surface area (Å²) in [7, 11) is 0. The summed E-state index contributed by atoms with van der Waals surface area (Å²) in [5.74, 6) is -0.940. The molecule has 1 heterocycles. The molecule has 1 fully saturated rings. The Labute approximate surface area is 92.4 Å². The van der Waals surface area contributed by atoms with Crippen molar-refractivity contribution in [1.82, 2.24) is 0 Å². The van der Waals surface area contributed by atoms with Gasteiger partial charge in [-0.25, -0.2) is 4.79 Å². The maximum Gasteiger partial charge on any atom is 0.336 e. The van der Waals surface area contributed by atoms with Gasteiger partial charge in [-0.15, -0.1) is 11.3 Å². The van der Waals surface area contributed by atoms with Crippen LogP contribution in [0.2, 0.25) is 0 Å². The standard InChI is InChI=1S/C11H14O3S/c12-10(13)8-4-7-15-9(8)11(14)5-2-1-3-6-11/h4,7,14H,1-3,5-6H2,(H,12,13). The number of carboxylic acid groups (broad SMARTS) is 1. The Bertz CT molecular complexity index is 364. The average Bonchev–Trinajstić information content (AvgIpc) is 2.67. The Balaban J connectivity index is 2.34. The van der Waals surface area contributed by atoms with E-state index in [1.165, 1.54) is 11.3 Å². The van der Waals surface area contributed by atoms with Crippen molar-refractivity contribution >= 4 is 17.3 Å². The highest BCUT2D eigenvalue weighted by atomic mass is 32.1. The maximum atomic E-state index is 11.0. The SMILES string of the molecule is O=C(O)c1ccsc1C1(O)CCCCC1. The third kappa shape index (κ3) is 1.92. The lowest BCUT2D eigenvalue weighted by Crippen LogP contribution is -2.29. The van der Waals surface area contributed by atoms with Gasteiger partial charge in [-0.1, -0.05) is 19.3 Å². The van der Waals surface area contributed by atoms with Crippen LogP contribution in [0.4, 0.5) is 0 Å². The largest absolute Gasteiger partial charge is 0.478 e. The van der Waals surface area contributed by atoms with E-state index in [2.05, 4.69) is 0 Å². The highest BCUT2D eigenvalue weighted by Crippen LogP contribution is 2.41. The van der Waals surface area contributed by atoms with Gasteiger partial charge in [0.1, 0.15) is 0 Å². The molecule has 0 spiro atoms. The first-order valence-electron chi connectivity index (χ1n) is 5.17. The van der Waals surface area contributed by atoms with Crippen LogP contribution in [-0.2, 0) is 5.60 Å². The highest BCUT2D eigenvalue weighted by Gasteiger charge is 2.35. The molecular weight excluding hydrogens is 212 g/mol. The zero-order valence-corrected chi connectivity index (χ0v) is 9.22. The quantitative estimate of drug-likeness (QED) is 0.815. The van der Waals surface area contributed by atoms with Crippen LogP contribution in [0.1, 0.15) is 47.3 Å². The smallest absolute Gasteiger partial charge is 0.336 e. The van der Waals surface area contributed by atoms with E-state index >= 15 is 0 Å². The van der Waals surface area contributed by atoms with Gasteiger partial charge in [-0.3, -0.25) is 0 Å². The first kappa shape index (κ1) is 10.6. The predicted octanol–water partition coefficient (Wildman–Crippen LogP) is 2.60. The molecule has 0 saturated heterocycles. The van der Waals surface area contributed by atoms with Gasteiger partial charge in [-0.05, 0) is 24.3 Å². The van der Waals surface area contributed by atoms with E-state index in [1.54, 1.807) is 11.4 Å². The van der Waals surface area contributed by atoms with Gasteiger partial charge in [-0.2, -0.15) is 0 Å². The maximum absolute atomic E-state index is 11.0. The second kappa shape index (κ2) is 3.94. The number of aromatic carboxylic acids is 1. The first-order valence-corrected chi connectivity index (χ1v) is 6.05. The van der Waals surface area contributed by atoms with E-state index in [0.717, 1.165) is 19.3 Å². The van der Waals surface area contributed by atoms with E-state index in [4.69, 9.17) is 5.11 Å². The van der Waals surface area contributed by atoms with Gasteiger partial charge < -0.3 is 10.2 Å². The number of hydrogen-bond acceptors (Lipinski definition) is 3. The molecule has 0 aromatic carbocycles. The van der Waals surface area contributed by atoms with E-state index in [0.29, 0.717) is 17.7 Å². The fourth-order valence-electron chi connectivity index (χ4n) is 2.20. The van der Waals surface area contributed by atoms with Crippen molar-refractivity contribution in [3.8, 4) is 0 Å². The van der Waals surface area contributed by atoms with E-state index in [9.17, 15) is 9.90 Å². The molecule has 1 saturated carbocycles. The third-order valence-electron chi connectivity index (χ3n) is 3.00. The summed E-state index contributed by atoms with van der Waals surface area (Å²) in [5, 5.41) is 21.1. The highest BCUT2D eigenvalue weighted by molar-refractivity contribution is 7.10. The van der Waals surface area contributed by atoms with Gasteiger partial charge >= 0.3 is 5.97 Å². The molecule has 1 aromatic heterocycles. The molecule has 0 atom stereocenters. The predicted molar refractivity (Wildman–Crippen MR) is 58.3 cm³/mol. The minimum absolute atomic E-state index is 0.268. The molecular formula is C11H14O3S. The van der Waals surface area contributed by atoms with E-state index < -0.39 is 11.6 Å². The number of rotatable bonds is 2. The summed E-state index contributed by atoms with van der Waals surface area (Å²) >= 11 is 1.35. The van der Waals surface area contributed by atoms with E-state index in [1.807, 2.05) is 0 Å². The number of carboxylic acids is 1. The monoisotopic (exact) mass is 226 g/mol. The molecule has 2 N–H and O–H groups in total. The first-order chi connectivity index (χ1) is 7.13. The molecule has 82 valence electrons. The molecule has 15 heavy (non-hydrogen) atoms. The Morgan fingerprint density at radius 3 is 2.60 bits per heavy atom. The Kier molecular flexibility index (Phi) is 2.80. The van der Waals surface area contributed by atoms with Gasteiger partial charge in [0, 0.05) is 0 Å². The van der Waals surface area contributed by atoms with Crippen LogP contribution in [0, 0.1) is 0 Å². The molecule has 1 aromatic rings. The summed E-state index contributed by atoms with van der Waals surface area (Å²) in [4.78, 5) is 11.6. The second-order valence-corrected chi connectivity index (χ2v) is 4.98. The lowest BCUT2D eigenvalue weighted by Gasteiger charge is -2.31. The summed E-state index contributed by atoms with van der Waals surface area (Å²) in [6.45, 7) is 0. The van der Waals surface area contributed by atoms with Crippen LogP contribution in [0.25, 0.3) is 0 Å². The van der Waals surface area contributed by atoms with Gasteiger partial charge in [0.2, 0.25) is 0 Å². The number of carbonyl (C=O) groups is 1. The fourth-order valence-corrected chi connectivity index (χ4v) is 3.25. The molecule has 2 rings (SSSR count). The summed E-state index contributed by atoms with van der Waals surface area (Å²) in [6, 6.07) is 1.58. The van der Waals surface area contributed by atoms with Crippen LogP contribution < -0.4 is 0 Å². The summed E-state index contributed by atoms with van der Waals surface area (Å²) < 4.78 is 0. The van der Waals surface area contributed by atoms with Crippen molar-refractivity contribution in [2.45, 2.75) is 37.7 Å². The molecule has 0 aliphatic heterocycles. The molecule has 1 aliphatic rings. The van der Waals surface area contributed by atoms with Crippen molar-refractivity contribution in [3.63, 3.8) is 0 Å². The van der Waals surface area contributed by atoms with E-state index in [-0.39, 0.29) is 5.56 Å². The lowest BCUT2D eigenvalue weighted by molar-refractivity contribution is 0.00153. The minimum Gasteiger partial charge on any atom is -0.478 e. The van der Waals surface area contributed by atoms with Gasteiger partial charge in [0.15, 0.2) is 0 Å². The van der Waals surface area contributed by atoms with Gasteiger partial charge in [0.25, 0.3) is 0 Å². The topological polar surface area (TPSA) is 57.5 Å². The second-order valence-electron chi connectivity index (χ2n) is 4.06. The molecule has 1 aliphatic carbocycles. The van der Waals surface area contributed by atoms with Gasteiger partial charge in [0.05, 0.1) is 16.0 Å².